The first-order valence-electron chi connectivity index (χ1n) is 8.10. The van der Waals surface area contributed by atoms with Gasteiger partial charge in [-0.1, -0.05) is 54.6 Å². The summed E-state index contributed by atoms with van der Waals surface area (Å²) in [7, 11) is 0. The van der Waals surface area contributed by atoms with E-state index in [1.54, 1.807) is 0 Å². The summed E-state index contributed by atoms with van der Waals surface area (Å²) in [6.45, 7) is 0. The van der Waals surface area contributed by atoms with Crippen molar-refractivity contribution in [2.45, 2.75) is 0 Å². The molecule has 1 heterocycles. The van der Waals surface area contributed by atoms with Crippen LogP contribution in [-0.2, 0) is 0 Å². The van der Waals surface area contributed by atoms with Crippen LogP contribution in [0.2, 0.25) is 0 Å². The Kier molecular flexibility index (Phi) is 2.68. The second-order valence-electron chi connectivity index (χ2n) is 6.13. The minimum absolute atomic E-state index is 0.795. The van der Waals surface area contributed by atoms with Crippen LogP contribution in [-0.4, -0.2) is 4.57 Å². The SMILES string of the molecule is Nc1ccc2c(c1)c1ccccc1n2-c1cccc2ccccc12. The molecule has 4 aromatic carbocycles. The third kappa shape index (κ3) is 1.77. The molecule has 2 nitrogen and oxygen atoms in total. The molecule has 2 heteroatoms. The number of hydrogen-bond donors (Lipinski definition) is 1. The van der Waals surface area contributed by atoms with Crippen LogP contribution in [0, 0.1) is 0 Å². The fourth-order valence-corrected chi connectivity index (χ4v) is 3.65. The Bertz CT molecular complexity index is 1210. The topological polar surface area (TPSA) is 30.9 Å². The number of rotatable bonds is 1. The Morgan fingerprint density at radius 2 is 1.29 bits per heavy atom. The average molecular weight is 308 g/mol. The summed E-state index contributed by atoms with van der Waals surface area (Å²) in [6, 6.07) is 29.7. The molecular weight excluding hydrogens is 292 g/mol. The van der Waals surface area contributed by atoms with E-state index in [0.717, 1.165) is 5.69 Å². The second kappa shape index (κ2) is 4.87. The zero-order valence-electron chi connectivity index (χ0n) is 13.1. The fraction of sp³-hybridized carbons (Fsp3) is 0. The smallest absolute Gasteiger partial charge is 0.0542 e. The third-order valence-corrected chi connectivity index (χ3v) is 4.70. The van der Waals surface area contributed by atoms with Gasteiger partial charge in [0.1, 0.15) is 0 Å². The van der Waals surface area contributed by atoms with Crippen molar-refractivity contribution >= 4 is 38.3 Å². The number of aromatic nitrogens is 1. The maximum atomic E-state index is 6.04. The van der Waals surface area contributed by atoms with Crippen molar-refractivity contribution in [1.29, 1.82) is 0 Å². The highest BCUT2D eigenvalue weighted by atomic mass is 15.0. The largest absolute Gasteiger partial charge is 0.399 e. The van der Waals surface area contributed by atoms with E-state index in [0.29, 0.717) is 0 Å². The molecular formula is C22H16N2. The summed E-state index contributed by atoms with van der Waals surface area (Å²) in [5.74, 6) is 0. The molecule has 0 aliphatic heterocycles. The van der Waals surface area contributed by atoms with Crippen LogP contribution in [0.1, 0.15) is 0 Å². The molecule has 0 radical (unpaired) electrons. The van der Waals surface area contributed by atoms with Gasteiger partial charge in [0.2, 0.25) is 0 Å². The van der Waals surface area contributed by atoms with Gasteiger partial charge < -0.3 is 10.3 Å². The summed E-state index contributed by atoms with van der Waals surface area (Å²) in [5, 5.41) is 4.92. The van der Waals surface area contributed by atoms with Crippen LogP contribution in [0.25, 0.3) is 38.3 Å². The summed E-state index contributed by atoms with van der Waals surface area (Å²) >= 11 is 0. The molecule has 0 unspecified atom stereocenters. The number of fused-ring (bicyclic) bond motifs is 4. The van der Waals surface area contributed by atoms with Crippen LogP contribution in [0.3, 0.4) is 0 Å². The Balaban J connectivity index is 2.01. The monoisotopic (exact) mass is 308 g/mol. The molecule has 0 fully saturated rings. The average Bonchev–Trinajstić information content (AvgIpc) is 2.95. The molecule has 0 saturated carbocycles. The van der Waals surface area contributed by atoms with Gasteiger partial charge >= 0.3 is 0 Å². The zero-order valence-corrected chi connectivity index (χ0v) is 13.1. The van der Waals surface area contributed by atoms with Crippen molar-refractivity contribution in [3.05, 3.63) is 84.9 Å². The van der Waals surface area contributed by atoms with Gasteiger partial charge in [-0.05, 0) is 35.7 Å². The molecule has 24 heavy (non-hydrogen) atoms. The van der Waals surface area contributed by atoms with Crippen LogP contribution in [0.4, 0.5) is 5.69 Å². The molecule has 0 amide bonds. The van der Waals surface area contributed by atoms with E-state index in [2.05, 4.69) is 83.4 Å². The summed E-state index contributed by atoms with van der Waals surface area (Å²) < 4.78 is 2.34. The van der Waals surface area contributed by atoms with Gasteiger partial charge in [-0.25, -0.2) is 0 Å². The van der Waals surface area contributed by atoms with E-state index in [4.69, 9.17) is 5.73 Å². The second-order valence-corrected chi connectivity index (χ2v) is 6.13. The summed E-state index contributed by atoms with van der Waals surface area (Å²) in [5.41, 5.74) is 10.4. The number of benzene rings is 4. The Morgan fingerprint density at radius 1 is 0.583 bits per heavy atom. The van der Waals surface area contributed by atoms with Gasteiger partial charge in [-0.3, -0.25) is 0 Å². The highest BCUT2D eigenvalue weighted by Crippen LogP contribution is 2.35. The Labute approximate surface area is 139 Å². The molecule has 114 valence electrons. The van der Waals surface area contributed by atoms with E-state index < -0.39 is 0 Å². The first-order valence-corrected chi connectivity index (χ1v) is 8.10. The lowest BCUT2D eigenvalue weighted by molar-refractivity contribution is 1.20. The molecule has 0 atom stereocenters. The first kappa shape index (κ1) is 13.2. The van der Waals surface area contributed by atoms with Gasteiger partial charge in [0.05, 0.1) is 16.7 Å². The zero-order chi connectivity index (χ0) is 16.1. The molecule has 0 spiro atoms. The van der Waals surface area contributed by atoms with Gasteiger partial charge in [0.25, 0.3) is 0 Å². The van der Waals surface area contributed by atoms with Crippen molar-refractivity contribution in [3.63, 3.8) is 0 Å². The minimum atomic E-state index is 0.795. The van der Waals surface area contributed by atoms with E-state index in [1.807, 2.05) is 6.07 Å². The van der Waals surface area contributed by atoms with Crippen LogP contribution >= 0.6 is 0 Å². The standard InChI is InChI=1S/C22H16N2/c23-16-12-13-22-19(14-16)18-9-3-4-10-21(18)24(22)20-11-5-7-15-6-1-2-8-17(15)20/h1-14H,23H2. The van der Waals surface area contributed by atoms with Gasteiger partial charge in [0, 0.05) is 21.8 Å². The molecule has 0 aliphatic rings. The number of para-hydroxylation sites is 1. The first-order chi connectivity index (χ1) is 11.8. The highest BCUT2D eigenvalue weighted by Gasteiger charge is 2.13. The number of anilines is 1. The van der Waals surface area contributed by atoms with Crippen molar-refractivity contribution in [1.82, 2.24) is 4.57 Å². The number of nitrogens with two attached hydrogens (primary N) is 1. The quantitative estimate of drug-likeness (QED) is 0.406. The van der Waals surface area contributed by atoms with Gasteiger partial charge in [-0.2, -0.15) is 0 Å². The third-order valence-electron chi connectivity index (χ3n) is 4.70. The molecule has 0 bridgehead atoms. The van der Waals surface area contributed by atoms with E-state index >= 15 is 0 Å². The molecule has 0 aliphatic carbocycles. The summed E-state index contributed by atoms with van der Waals surface area (Å²) in [4.78, 5) is 0. The van der Waals surface area contributed by atoms with Gasteiger partial charge in [0.15, 0.2) is 0 Å². The normalized spacial score (nSPS) is 11.5. The number of nitrogens with zero attached hydrogens (tertiary/aromatic N) is 1. The van der Waals surface area contributed by atoms with E-state index in [9.17, 15) is 0 Å². The lowest BCUT2D eigenvalue weighted by Crippen LogP contribution is -1.95. The maximum Gasteiger partial charge on any atom is 0.0542 e. The number of hydrogen-bond acceptors (Lipinski definition) is 1. The molecule has 1 aromatic heterocycles. The molecule has 5 aromatic rings. The fourth-order valence-electron chi connectivity index (χ4n) is 3.65. The predicted molar refractivity (Wildman–Crippen MR) is 103 cm³/mol. The van der Waals surface area contributed by atoms with Crippen molar-refractivity contribution < 1.29 is 0 Å². The van der Waals surface area contributed by atoms with E-state index in [1.165, 1.54) is 38.3 Å². The van der Waals surface area contributed by atoms with Crippen molar-refractivity contribution in [2.24, 2.45) is 0 Å². The van der Waals surface area contributed by atoms with Crippen LogP contribution in [0.15, 0.2) is 84.9 Å². The van der Waals surface area contributed by atoms with Crippen molar-refractivity contribution in [3.8, 4) is 5.69 Å². The molecule has 2 N–H and O–H groups in total. The maximum absolute atomic E-state index is 6.04. The van der Waals surface area contributed by atoms with Gasteiger partial charge in [-0.15, -0.1) is 0 Å². The molecule has 0 saturated heterocycles. The Hall–Kier alpha value is -3.26. The van der Waals surface area contributed by atoms with E-state index in [-0.39, 0.29) is 0 Å². The van der Waals surface area contributed by atoms with Crippen LogP contribution < -0.4 is 5.73 Å². The van der Waals surface area contributed by atoms with Crippen LogP contribution in [0.5, 0.6) is 0 Å². The highest BCUT2D eigenvalue weighted by molar-refractivity contribution is 6.11. The van der Waals surface area contributed by atoms with Crippen molar-refractivity contribution in [2.75, 3.05) is 5.73 Å². The molecule has 5 rings (SSSR count). The minimum Gasteiger partial charge on any atom is -0.399 e. The predicted octanol–water partition coefficient (Wildman–Crippen LogP) is 5.52. The number of nitrogen functional groups attached to an aromatic ring is 1. The Morgan fingerprint density at radius 3 is 2.21 bits per heavy atom. The lowest BCUT2D eigenvalue weighted by atomic mass is 10.1. The lowest BCUT2D eigenvalue weighted by Gasteiger charge is -2.11. The summed E-state index contributed by atoms with van der Waals surface area (Å²) in [6.07, 6.45) is 0.